The monoisotopic (exact) mass is 309 g/mol. The summed E-state index contributed by atoms with van der Waals surface area (Å²) in [4.78, 5) is 13.7. The van der Waals surface area contributed by atoms with Gasteiger partial charge in [-0.3, -0.25) is 4.79 Å². The maximum absolute atomic E-state index is 12.2. The first-order valence-electron chi connectivity index (χ1n) is 6.31. The Labute approximate surface area is 127 Å². The van der Waals surface area contributed by atoms with Crippen molar-refractivity contribution in [3.63, 3.8) is 0 Å². The molecule has 1 amide bonds. The molecular formula is C15H16ClNO4. The lowest BCUT2D eigenvalue weighted by atomic mass is 10.2. The maximum atomic E-state index is 12.2. The number of phenols is 1. The molecule has 0 saturated carbocycles. The largest absolute Gasteiger partial charge is 0.504 e. The fourth-order valence-corrected chi connectivity index (χ4v) is 2.08. The van der Waals surface area contributed by atoms with Crippen molar-refractivity contribution in [2.45, 2.75) is 12.4 Å². The molecule has 0 aliphatic heterocycles. The topological polar surface area (TPSA) is 62.9 Å². The average Bonchev–Trinajstić information content (AvgIpc) is 2.95. The van der Waals surface area contributed by atoms with Crippen molar-refractivity contribution >= 4 is 17.5 Å². The Hall–Kier alpha value is -2.14. The number of benzene rings is 1. The summed E-state index contributed by atoms with van der Waals surface area (Å²) in [7, 11) is 3.14. The number of halogens is 1. The summed E-state index contributed by atoms with van der Waals surface area (Å²) in [6, 6.07) is 8.28. The van der Waals surface area contributed by atoms with Crippen molar-refractivity contribution in [2.75, 3.05) is 14.2 Å². The molecule has 112 valence electrons. The number of rotatable bonds is 5. The van der Waals surface area contributed by atoms with Crippen LogP contribution in [0.1, 0.15) is 21.9 Å². The van der Waals surface area contributed by atoms with E-state index in [1.807, 2.05) is 0 Å². The van der Waals surface area contributed by atoms with Crippen LogP contribution in [0.2, 0.25) is 0 Å². The van der Waals surface area contributed by atoms with Crippen LogP contribution in [0.4, 0.5) is 0 Å². The molecule has 0 unspecified atom stereocenters. The predicted molar refractivity (Wildman–Crippen MR) is 78.7 cm³/mol. The van der Waals surface area contributed by atoms with Crippen LogP contribution in [0.3, 0.4) is 0 Å². The number of amides is 1. The van der Waals surface area contributed by atoms with E-state index in [9.17, 15) is 9.90 Å². The Balaban J connectivity index is 2.08. The summed E-state index contributed by atoms with van der Waals surface area (Å²) in [5.41, 5.74) is 0.785. The molecule has 0 saturated heterocycles. The summed E-state index contributed by atoms with van der Waals surface area (Å²) >= 11 is 5.64. The number of phenolic OH excluding ortho intramolecular Hbond substituents is 1. The molecule has 1 heterocycles. The third kappa shape index (κ3) is 3.49. The molecule has 0 atom stereocenters. The van der Waals surface area contributed by atoms with Gasteiger partial charge in [-0.1, -0.05) is 6.07 Å². The third-order valence-corrected chi connectivity index (χ3v) is 3.28. The van der Waals surface area contributed by atoms with E-state index in [4.69, 9.17) is 20.8 Å². The zero-order chi connectivity index (χ0) is 15.4. The van der Waals surface area contributed by atoms with E-state index in [2.05, 4.69) is 0 Å². The van der Waals surface area contributed by atoms with Crippen molar-refractivity contribution in [3.8, 4) is 11.5 Å². The molecular weight excluding hydrogens is 294 g/mol. The highest BCUT2D eigenvalue weighted by Crippen LogP contribution is 2.26. The minimum Gasteiger partial charge on any atom is -0.504 e. The van der Waals surface area contributed by atoms with Gasteiger partial charge in [-0.25, -0.2) is 0 Å². The Morgan fingerprint density at radius 3 is 2.71 bits per heavy atom. The second-order valence-electron chi connectivity index (χ2n) is 4.57. The molecule has 2 aromatic rings. The minimum atomic E-state index is -0.248. The minimum absolute atomic E-state index is 0.0401. The van der Waals surface area contributed by atoms with Gasteiger partial charge in [0.1, 0.15) is 5.76 Å². The number of carbonyl (C=O) groups excluding carboxylic acids is 1. The first-order chi connectivity index (χ1) is 10.0. The zero-order valence-corrected chi connectivity index (χ0v) is 12.6. The van der Waals surface area contributed by atoms with E-state index >= 15 is 0 Å². The van der Waals surface area contributed by atoms with Crippen LogP contribution in [-0.4, -0.2) is 30.1 Å². The van der Waals surface area contributed by atoms with Crippen LogP contribution in [0, 0.1) is 0 Å². The normalized spacial score (nSPS) is 10.4. The van der Waals surface area contributed by atoms with Crippen LogP contribution in [-0.2, 0) is 12.4 Å². The number of nitrogens with zero attached hydrogens (tertiary/aromatic N) is 1. The fourth-order valence-electron chi connectivity index (χ4n) is 1.93. The second kappa shape index (κ2) is 6.54. The van der Waals surface area contributed by atoms with Gasteiger partial charge >= 0.3 is 0 Å². The van der Waals surface area contributed by atoms with Crippen molar-refractivity contribution in [1.29, 1.82) is 0 Å². The molecule has 6 heteroatoms. The first kappa shape index (κ1) is 15.3. The second-order valence-corrected chi connectivity index (χ2v) is 4.83. The molecule has 0 fully saturated rings. The van der Waals surface area contributed by atoms with Gasteiger partial charge in [-0.15, -0.1) is 11.6 Å². The number of ether oxygens (including phenoxy) is 1. The predicted octanol–water partition coefficient (Wildman–Crippen LogP) is 3.00. The van der Waals surface area contributed by atoms with E-state index in [0.717, 1.165) is 5.56 Å². The maximum Gasteiger partial charge on any atom is 0.289 e. The summed E-state index contributed by atoms with van der Waals surface area (Å²) in [6.07, 6.45) is 0. The number of furan rings is 1. The van der Waals surface area contributed by atoms with Crippen LogP contribution in [0.15, 0.2) is 34.7 Å². The van der Waals surface area contributed by atoms with Gasteiger partial charge in [0.05, 0.1) is 13.0 Å². The Morgan fingerprint density at radius 1 is 1.38 bits per heavy atom. The van der Waals surface area contributed by atoms with Gasteiger partial charge in [0.2, 0.25) is 0 Å². The molecule has 21 heavy (non-hydrogen) atoms. The van der Waals surface area contributed by atoms with Crippen LogP contribution in [0.25, 0.3) is 0 Å². The Morgan fingerprint density at radius 2 is 2.14 bits per heavy atom. The van der Waals surface area contributed by atoms with Crippen molar-refractivity contribution < 1.29 is 19.1 Å². The summed E-state index contributed by atoms with van der Waals surface area (Å²) in [5.74, 6) is 1.20. The molecule has 0 bridgehead atoms. The highest BCUT2D eigenvalue weighted by Gasteiger charge is 2.16. The van der Waals surface area contributed by atoms with Gasteiger partial charge in [-0.05, 0) is 29.8 Å². The van der Waals surface area contributed by atoms with Crippen molar-refractivity contribution in [2.24, 2.45) is 0 Å². The van der Waals surface area contributed by atoms with Gasteiger partial charge in [-0.2, -0.15) is 0 Å². The third-order valence-electron chi connectivity index (χ3n) is 3.01. The molecule has 0 spiro atoms. The van der Waals surface area contributed by atoms with E-state index in [1.54, 1.807) is 37.4 Å². The standard InChI is InChI=1S/C15H16ClNO4/c1-17(15(19)14-6-4-11(8-16)21-14)9-10-3-5-13(20-2)12(18)7-10/h3-7,18H,8-9H2,1-2H3. The Kier molecular flexibility index (Phi) is 4.75. The lowest BCUT2D eigenvalue weighted by Gasteiger charge is -2.16. The lowest BCUT2D eigenvalue weighted by Crippen LogP contribution is -2.25. The van der Waals surface area contributed by atoms with Crippen molar-refractivity contribution in [1.82, 2.24) is 4.90 Å². The fraction of sp³-hybridized carbons (Fsp3) is 0.267. The molecule has 0 aliphatic rings. The lowest BCUT2D eigenvalue weighted by molar-refractivity contribution is 0.0752. The van der Waals surface area contributed by atoms with E-state index in [1.165, 1.54) is 12.0 Å². The number of carbonyl (C=O) groups is 1. The number of hydrogen-bond donors (Lipinski definition) is 1. The summed E-state index contributed by atoms with van der Waals surface area (Å²) < 4.78 is 10.3. The van der Waals surface area contributed by atoms with E-state index in [-0.39, 0.29) is 23.3 Å². The van der Waals surface area contributed by atoms with Gasteiger partial charge in [0, 0.05) is 13.6 Å². The average molecular weight is 310 g/mol. The summed E-state index contributed by atoms with van der Waals surface area (Å²) in [5, 5.41) is 9.73. The van der Waals surface area contributed by atoms with Gasteiger partial charge < -0.3 is 19.2 Å². The SMILES string of the molecule is COc1ccc(CN(C)C(=O)c2ccc(CCl)o2)cc1O. The van der Waals surface area contributed by atoms with E-state index in [0.29, 0.717) is 18.1 Å². The molecule has 0 aliphatic carbocycles. The molecule has 5 nitrogen and oxygen atoms in total. The number of alkyl halides is 1. The zero-order valence-electron chi connectivity index (χ0n) is 11.8. The van der Waals surface area contributed by atoms with Crippen LogP contribution >= 0.6 is 11.6 Å². The van der Waals surface area contributed by atoms with E-state index < -0.39 is 0 Å². The molecule has 1 aromatic carbocycles. The van der Waals surface area contributed by atoms with Gasteiger partial charge in [0.25, 0.3) is 5.91 Å². The smallest absolute Gasteiger partial charge is 0.289 e. The number of hydrogen-bond acceptors (Lipinski definition) is 4. The van der Waals surface area contributed by atoms with Crippen molar-refractivity contribution in [3.05, 3.63) is 47.4 Å². The molecule has 0 radical (unpaired) electrons. The Bertz CT molecular complexity index is 638. The summed E-state index contributed by atoms with van der Waals surface area (Å²) in [6.45, 7) is 0.341. The molecule has 1 N–H and O–H groups in total. The molecule has 2 rings (SSSR count). The number of methoxy groups -OCH3 is 1. The number of aromatic hydroxyl groups is 1. The highest BCUT2D eigenvalue weighted by molar-refractivity contribution is 6.16. The molecule has 1 aromatic heterocycles. The van der Waals surface area contributed by atoms with Gasteiger partial charge in [0.15, 0.2) is 17.3 Å². The first-order valence-corrected chi connectivity index (χ1v) is 6.84. The highest BCUT2D eigenvalue weighted by atomic mass is 35.5. The quantitative estimate of drug-likeness (QED) is 0.862. The van der Waals surface area contributed by atoms with Crippen LogP contribution < -0.4 is 4.74 Å². The van der Waals surface area contributed by atoms with Crippen LogP contribution in [0.5, 0.6) is 11.5 Å².